The number of nitrogens with two attached hydrogens (primary N) is 1. The van der Waals surface area contributed by atoms with Gasteiger partial charge < -0.3 is 11.1 Å². The SMILES string of the molecule is Cl.NCc1ccc2c(c1)NC(=O)CS2. The largest absolute Gasteiger partial charge is 0.326 e. The summed E-state index contributed by atoms with van der Waals surface area (Å²) in [5, 5.41) is 2.82. The second-order valence-electron chi connectivity index (χ2n) is 2.87. The molecule has 3 N–H and O–H groups in total. The van der Waals surface area contributed by atoms with Gasteiger partial charge in [-0.1, -0.05) is 6.07 Å². The van der Waals surface area contributed by atoms with Crippen LogP contribution in [0.25, 0.3) is 0 Å². The minimum Gasteiger partial charge on any atom is -0.326 e. The maximum Gasteiger partial charge on any atom is 0.234 e. The summed E-state index contributed by atoms with van der Waals surface area (Å²) in [5.41, 5.74) is 7.43. The van der Waals surface area contributed by atoms with Gasteiger partial charge in [-0.25, -0.2) is 0 Å². The van der Waals surface area contributed by atoms with Gasteiger partial charge in [-0.05, 0) is 17.7 Å². The van der Waals surface area contributed by atoms with Crippen LogP contribution >= 0.6 is 24.2 Å². The summed E-state index contributed by atoms with van der Waals surface area (Å²) in [4.78, 5) is 12.2. The van der Waals surface area contributed by atoms with Crippen molar-refractivity contribution in [1.82, 2.24) is 0 Å². The molecule has 0 atom stereocenters. The third kappa shape index (κ3) is 2.20. The molecule has 0 aromatic heterocycles. The van der Waals surface area contributed by atoms with Crippen LogP contribution in [0.3, 0.4) is 0 Å². The molecule has 1 aromatic rings. The predicted molar refractivity (Wildman–Crippen MR) is 60.9 cm³/mol. The molecule has 0 radical (unpaired) electrons. The molecule has 0 spiro atoms. The number of halogens is 1. The highest BCUT2D eigenvalue weighted by Crippen LogP contribution is 2.31. The molecule has 1 amide bonds. The Kier molecular flexibility index (Phi) is 3.80. The summed E-state index contributed by atoms with van der Waals surface area (Å²) in [6, 6.07) is 5.92. The summed E-state index contributed by atoms with van der Waals surface area (Å²) in [6.45, 7) is 0.508. The van der Waals surface area contributed by atoms with Gasteiger partial charge in [-0.2, -0.15) is 0 Å². The molecule has 0 bridgehead atoms. The second-order valence-corrected chi connectivity index (χ2v) is 3.89. The van der Waals surface area contributed by atoms with Crippen molar-refractivity contribution < 1.29 is 4.79 Å². The molecule has 0 unspecified atom stereocenters. The summed E-state index contributed by atoms with van der Waals surface area (Å²) < 4.78 is 0. The Morgan fingerprint density at radius 2 is 2.29 bits per heavy atom. The van der Waals surface area contributed by atoms with E-state index in [1.54, 1.807) is 11.8 Å². The van der Waals surface area contributed by atoms with Crippen molar-refractivity contribution in [3.8, 4) is 0 Å². The minimum absolute atomic E-state index is 0. The molecule has 0 saturated heterocycles. The monoisotopic (exact) mass is 230 g/mol. The van der Waals surface area contributed by atoms with Crippen LogP contribution in [0.2, 0.25) is 0 Å². The Hall–Kier alpha value is -0.710. The van der Waals surface area contributed by atoms with Gasteiger partial charge in [0.05, 0.1) is 11.4 Å². The molecule has 0 saturated carbocycles. The van der Waals surface area contributed by atoms with E-state index in [9.17, 15) is 4.79 Å². The fourth-order valence-electron chi connectivity index (χ4n) is 1.26. The van der Waals surface area contributed by atoms with E-state index in [0.29, 0.717) is 12.3 Å². The molecule has 0 aliphatic carbocycles. The second kappa shape index (κ2) is 4.68. The summed E-state index contributed by atoms with van der Waals surface area (Å²) >= 11 is 1.56. The zero-order chi connectivity index (χ0) is 9.26. The first kappa shape index (κ1) is 11.4. The number of hydrogen-bond acceptors (Lipinski definition) is 3. The zero-order valence-electron chi connectivity index (χ0n) is 7.45. The van der Waals surface area contributed by atoms with Gasteiger partial charge in [0.1, 0.15) is 0 Å². The highest BCUT2D eigenvalue weighted by atomic mass is 35.5. The van der Waals surface area contributed by atoms with Crippen LogP contribution in [-0.4, -0.2) is 11.7 Å². The van der Waals surface area contributed by atoms with E-state index in [0.717, 1.165) is 16.1 Å². The smallest absolute Gasteiger partial charge is 0.234 e. The first-order chi connectivity index (χ1) is 6.29. The molecule has 0 fully saturated rings. The number of fused-ring (bicyclic) bond motifs is 1. The van der Waals surface area contributed by atoms with Crippen molar-refractivity contribution in [2.75, 3.05) is 11.1 Å². The lowest BCUT2D eigenvalue weighted by atomic mass is 10.2. The Balaban J connectivity index is 0.000000980. The average molecular weight is 231 g/mol. The van der Waals surface area contributed by atoms with E-state index in [1.165, 1.54) is 0 Å². The van der Waals surface area contributed by atoms with Crippen LogP contribution in [0, 0.1) is 0 Å². The van der Waals surface area contributed by atoms with Crippen LogP contribution < -0.4 is 11.1 Å². The van der Waals surface area contributed by atoms with Crippen molar-refractivity contribution in [3.05, 3.63) is 23.8 Å². The van der Waals surface area contributed by atoms with Crippen LogP contribution in [0.15, 0.2) is 23.1 Å². The minimum atomic E-state index is 0. The van der Waals surface area contributed by atoms with E-state index in [4.69, 9.17) is 5.73 Å². The van der Waals surface area contributed by atoms with Crippen LogP contribution in [0.1, 0.15) is 5.56 Å². The van der Waals surface area contributed by atoms with E-state index >= 15 is 0 Å². The van der Waals surface area contributed by atoms with Gasteiger partial charge in [0.2, 0.25) is 5.91 Å². The van der Waals surface area contributed by atoms with E-state index in [-0.39, 0.29) is 18.3 Å². The average Bonchev–Trinajstić information content (AvgIpc) is 2.16. The number of carbonyl (C=O) groups excluding carboxylic acids is 1. The molecule has 3 nitrogen and oxygen atoms in total. The topological polar surface area (TPSA) is 55.1 Å². The molecule has 1 aliphatic rings. The van der Waals surface area contributed by atoms with Gasteiger partial charge in [-0.15, -0.1) is 24.2 Å². The first-order valence-corrected chi connectivity index (χ1v) is 5.04. The highest BCUT2D eigenvalue weighted by molar-refractivity contribution is 8.00. The predicted octanol–water partition coefficient (Wildman–Crippen LogP) is 1.61. The van der Waals surface area contributed by atoms with Crippen molar-refractivity contribution in [2.24, 2.45) is 5.73 Å². The molecule has 76 valence electrons. The molecule has 14 heavy (non-hydrogen) atoms. The molecule has 1 heterocycles. The van der Waals surface area contributed by atoms with Crippen molar-refractivity contribution in [3.63, 3.8) is 0 Å². The van der Waals surface area contributed by atoms with Crippen molar-refractivity contribution >= 4 is 35.8 Å². The number of benzene rings is 1. The van der Waals surface area contributed by atoms with Gasteiger partial charge in [0.15, 0.2) is 0 Å². The van der Waals surface area contributed by atoms with Gasteiger partial charge in [0.25, 0.3) is 0 Å². The summed E-state index contributed by atoms with van der Waals surface area (Å²) in [6.07, 6.45) is 0. The van der Waals surface area contributed by atoms with E-state index in [1.807, 2.05) is 18.2 Å². The Labute approximate surface area is 92.8 Å². The first-order valence-electron chi connectivity index (χ1n) is 4.05. The number of carbonyl (C=O) groups is 1. The lowest BCUT2D eigenvalue weighted by molar-refractivity contribution is -0.113. The number of thioether (sulfide) groups is 1. The number of amides is 1. The third-order valence-electron chi connectivity index (χ3n) is 1.91. The number of hydrogen-bond donors (Lipinski definition) is 2. The molecule has 1 aliphatic heterocycles. The Morgan fingerprint density at radius 1 is 1.50 bits per heavy atom. The van der Waals surface area contributed by atoms with Gasteiger partial charge >= 0.3 is 0 Å². The van der Waals surface area contributed by atoms with Crippen LogP contribution in [0.4, 0.5) is 5.69 Å². The third-order valence-corrected chi connectivity index (χ3v) is 2.99. The van der Waals surface area contributed by atoms with Crippen molar-refractivity contribution in [1.29, 1.82) is 0 Å². The number of rotatable bonds is 1. The fraction of sp³-hybridized carbons (Fsp3) is 0.222. The van der Waals surface area contributed by atoms with E-state index in [2.05, 4.69) is 5.32 Å². The molecular weight excluding hydrogens is 220 g/mol. The standard InChI is InChI=1S/C9H10N2OS.ClH/c10-4-6-1-2-8-7(3-6)11-9(12)5-13-8;/h1-3H,4-5,10H2,(H,11,12);1H. The number of anilines is 1. The lowest BCUT2D eigenvalue weighted by Crippen LogP contribution is -2.18. The lowest BCUT2D eigenvalue weighted by Gasteiger charge is -2.16. The molecule has 2 rings (SSSR count). The highest BCUT2D eigenvalue weighted by Gasteiger charge is 2.14. The maximum absolute atomic E-state index is 11.1. The normalized spacial score (nSPS) is 13.9. The maximum atomic E-state index is 11.1. The fourth-order valence-corrected chi connectivity index (χ4v) is 2.05. The molecule has 5 heteroatoms. The quantitative estimate of drug-likeness (QED) is 0.771. The van der Waals surface area contributed by atoms with Crippen LogP contribution in [-0.2, 0) is 11.3 Å². The zero-order valence-corrected chi connectivity index (χ0v) is 9.08. The molecular formula is C9H11ClN2OS. The van der Waals surface area contributed by atoms with Gasteiger partial charge in [-0.3, -0.25) is 4.79 Å². The van der Waals surface area contributed by atoms with E-state index < -0.39 is 0 Å². The van der Waals surface area contributed by atoms with Crippen molar-refractivity contribution in [2.45, 2.75) is 11.4 Å². The summed E-state index contributed by atoms with van der Waals surface area (Å²) in [7, 11) is 0. The summed E-state index contributed by atoms with van der Waals surface area (Å²) in [5.74, 6) is 0.571. The Morgan fingerprint density at radius 3 is 3.00 bits per heavy atom. The molecule has 1 aromatic carbocycles. The Bertz CT molecular complexity index is 357. The number of nitrogens with one attached hydrogen (secondary N) is 1. The van der Waals surface area contributed by atoms with Gasteiger partial charge in [0, 0.05) is 11.4 Å². The van der Waals surface area contributed by atoms with Crippen LogP contribution in [0.5, 0.6) is 0 Å².